The molecule has 0 spiro atoms. The van der Waals surface area contributed by atoms with E-state index in [1.165, 1.54) is 7.11 Å². The minimum atomic E-state index is -0.340. The summed E-state index contributed by atoms with van der Waals surface area (Å²) >= 11 is 6.05. The Morgan fingerprint density at radius 1 is 1.23 bits per heavy atom. The van der Waals surface area contributed by atoms with Crippen LogP contribution in [-0.2, 0) is 4.79 Å². The molecule has 2 aromatic carbocycles. The molecule has 1 atom stereocenters. The number of ether oxygens (including phenoxy) is 2. The van der Waals surface area contributed by atoms with Crippen molar-refractivity contribution in [2.75, 3.05) is 39.2 Å². The van der Waals surface area contributed by atoms with E-state index in [1.54, 1.807) is 43.5 Å². The Kier molecular flexibility index (Phi) is 5.74. The maximum atomic E-state index is 13.0. The van der Waals surface area contributed by atoms with Crippen molar-refractivity contribution in [1.29, 1.82) is 0 Å². The third kappa shape index (κ3) is 4.04. The molecule has 0 bridgehead atoms. The van der Waals surface area contributed by atoms with Crippen molar-refractivity contribution in [2.24, 2.45) is 10.9 Å². The van der Waals surface area contributed by atoms with Crippen molar-refractivity contribution in [1.82, 2.24) is 4.90 Å². The Labute approximate surface area is 179 Å². The van der Waals surface area contributed by atoms with Crippen LogP contribution in [0.25, 0.3) is 0 Å². The van der Waals surface area contributed by atoms with Crippen molar-refractivity contribution in [2.45, 2.75) is 6.42 Å². The molecule has 30 heavy (non-hydrogen) atoms. The molecule has 0 radical (unpaired) electrons. The molecule has 1 amide bonds. The monoisotopic (exact) mass is 427 g/mol. The summed E-state index contributed by atoms with van der Waals surface area (Å²) in [7, 11) is 3.11. The van der Waals surface area contributed by atoms with E-state index in [2.05, 4.69) is 10.3 Å². The molecule has 1 unspecified atom stereocenters. The molecular weight excluding hydrogens is 406 g/mol. The summed E-state index contributed by atoms with van der Waals surface area (Å²) in [6.45, 7) is 1.30. The van der Waals surface area contributed by atoms with Gasteiger partial charge in [-0.15, -0.1) is 0 Å². The second-order valence-electron chi connectivity index (χ2n) is 7.28. The summed E-state index contributed by atoms with van der Waals surface area (Å²) in [5.41, 5.74) is 2.67. The first-order valence-electron chi connectivity index (χ1n) is 9.64. The molecule has 1 fully saturated rings. The molecule has 2 heterocycles. The van der Waals surface area contributed by atoms with Crippen molar-refractivity contribution in [3.63, 3.8) is 0 Å². The van der Waals surface area contributed by atoms with Gasteiger partial charge < -0.3 is 14.8 Å². The van der Waals surface area contributed by atoms with Gasteiger partial charge in [-0.05, 0) is 36.8 Å². The van der Waals surface area contributed by atoms with Crippen LogP contribution in [0.4, 0.5) is 11.4 Å². The number of piperidine rings is 1. The average Bonchev–Trinajstić information content (AvgIpc) is 2.75. The molecule has 4 rings (SSSR count). The molecule has 0 aliphatic carbocycles. The number of nitrogens with zero attached hydrogens (tertiary/aromatic N) is 2. The highest BCUT2D eigenvalue weighted by atomic mass is 35.5. The summed E-state index contributed by atoms with van der Waals surface area (Å²) in [6, 6.07) is 10.4. The van der Waals surface area contributed by atoms with E-state index >= 15 is 0 Å². The number of benzene rings is 2. The lowest BCUT2D eigenvalue weighted by atomic mass is 9.85. The molecule has 1 saturated heterocycles. The number of fused-ring (bicyclic) bond motifs is 2. The van der Waals surface area contributed by atoms with Crippen molar-refractivity contribution in [3.8, 4) is 11.5 Å². The van der Waals surface area contributed by atoms with Crippen LogP contribution in [0.3, 0.4) is 0 Å². The van der Waals surface area contributed by atoms with Crippen molar-refractivity contribution < 1.29 is 19.1 Å². The van der Waals surface area contributed by atoms with Crippen LogP contribution in [0, 0.1) is 5.92 Å². The third-order valence-corrected chi connectivity index (χ3v) is 5.62. The molecule has 2 aromatic rings. The number of amides is 1. The number of likely N-dealkylation sites (tertiary alicyclic amines) is 1. The normalized spacial score (nSPS) is 18.2. The fourth-order valence-electron chi connectivity index (χ4n) is 3.85. The van der Waals surface area contributed by atoms with E-state index in [4.69, 9.17) is 21.1 Å². The Bertz CT molecular complexity index is 1040. The van der Waals surface area contributed by atoms with Gasteiger partial charge in [0.05, 0.1) is 38.1 Å². The van der Waals surface area contributed by atoms with Crippen LogP contribution in [0.1, 0.15) is 16.8 Å². The van der Waals surface area contributed by atoms with E-state index in [0.29, 0.717) is 53.0 Å². The van der Waals surface area contributed by atoms with Gasteiger partial charge in [0.1, 0.15) is 11.5 Å². The third-order valence-electron chi connectivity index (χ3n) is 5.38. The van der Waals surface area contributed by atoms with Crippen LogP contribution in [0.15, 0.2) is 41.4 Å². The zero-order valence-corrected chi connectivity index (χ0v) is 17.5. The minimum absolute atomic E-state index is 0.0134. The SMILES string of the molecule is COc1ccc(NC(=O)CN2CCC3=Nc4ccc(Cl)cc4C(=O)C3C2)c(OC)c1. The van der Waals surface area contributed by atoms with Gasteiger partial charge >= 0.3 is 0 Å². The first-order valence-corrected chi connectivity index (χ1v) is 10.0. The number of nitrogens with one attached hydrogen (secondary N) is 1. The maximum absolute atomic E-state index is 13.0. The molecule has 2 aliphatic heterocycles. The second-order valence-corrected chi connectivity index (χ2v) is 7.72. The van der Waals surface area contributed by atoms with Gasteiger partial charge in [-0.1, -0.05) is 11.6 Å². The summed E-state index contributed by atoms with van der Waals surface area (Å²) < 4.78 is 10.5. The summed E-state index contributed by atoms with van der Waals surface area (Å²) in [6.07, 6.45) is 0.650. The first kappa shape index (κ1) is 20.4. The number of carbonyl (C=O) groups is 2. The highest BCUT2D eigenvalue weighted by Crippen LogP contribution is 2.34. The van der Waals surface area contributed by atoms with E-state index in [9.17, 15) is 9.59 Å². The minimum Gasteiger partial charge on any atom is -0.497 e. The molecule has 0 aromatic heterocycles. The molecule has 0 saturated carbocycles. The highest BCUT2D eigenvalue weighted by Gasteiger charge is 2.36. The molecule has 8 heteroatoms. The maximum Gasteiger partial charge on any atom is 0.238 e. The van der Waals surface area contributed by atoms with E-state index in [0.717, 1.165) is 5.71 Å². The highest BCUT2D eigenvalue weighted by molar-refractivity contribution is 6.31. The number of methoxy groups -OCH3 is 2. The van der Waals surface area contributed by atoms with E-state index in [1.807, 2.05) is 4.90 Å². The number of ketones is 1. The quantitative estimate of drug-likeness (QED) is 0.788. The number of rotatable bonds is 5. The Balaban J connectivity index is 1.43. The largest absolute Gasteiger partial charge is 0.497 e. The molecular formula is C22H22ClN3O4. The fourth-order valence-corrected chi connectivity index (χ4v) is 4.03. The Hall–Kier alpha value is -2.90. The van der Waals surface area contributed by atoms with Crippen molar-refractivity contribution in [3.05, 3.63) is 47.0 Å². The van der Waals surface area contributed by atoms with Gasteiger partial charge in [-0.25, -0.2) is 0 Å². The van der Waals surface area contributed by atoms with Crippen LogP contribution < -0.4 is 14.8 Å². The first-order chi connectivity index (χ1) is 14.5. The zero-order chi connectivity index (χ0) is 21.3. The van der Waals surface area contributed by atoms with Crippen LogP contribution in [0.5, 0.6) is 11.5 Å². The molecule has 156 valence electrons. The van der Waals surface area contributed by atoms with E-state index in [-0.39, 0.29) is 24.2 Å². The number of hydrogen-bond acceptors (Lipinski definition) is 6. The average molecular weight is 428 g/mol. The lowest BCUT2D eigenvalue weighted by Gasteiger charge is -2.34. The van der Waals surface area contributed by atoms with Gasteiger partial charge in [-0.2, -0.15) is 0 Å². The Morgan fingerprint density at radius 2 is 2.07 bits per heavy atom. The number of anilines is 1. The van der Waals surface area contributed by atoms with Gasteiger partial charge in [0.25, 0.3) is 0 Å². The Morgan fingerprint density at radius 3 is 2.83 bits per heavy atom. The van der Waals surface area contributed by atoms with Gasteiger partial charge in [0, 0.05) is 35.5 Å². The number of aliphatic imine (C=N–C) groups is 1. The number of halogens is 1. The molecule has 1 N–H and O–H groups in total. The van der Waals surface area contributed by atoms with E-state index < -0.39 is 0 Å². The second kappa shape index (κ2) is 8.45. The molecule has 7 nitrogen and oxygen atoms in total. The summed E-state index contributed by atoms with van der Waals surface area (Å²) in [4.78, 5) is 32.2. The lowest BCUT2D eigenvalue weighted by Crippen LogP contribution is -2.47. The van der Waals surface area contributed by atoms with Crippen LogP contribution >= 0.6 is 11.6 Å². The predicted molar refractivity (Wildman–Crippen MR) is 116 cm³/mol. The van der Waals surface area contributed by atoms with Crippen molar-refractivity contribution >= 4 is 40.4 Å². The van der Waals surface area contributed by atoms with Gasteiger partial charge in [0.2, 0.25) is 5.91 Å². The summed E-state index contributed by atoms with van der Waals surface area (Å²) in [5.74, 6) is 0.661. The van der Waals surface area contributed by atoms with Crippen LogP contribution in [0.2, 0.25) is 5.02 Å². The van der Waals surface area contributed by atoms with Crippen LogP contribution in [-0.4, -0.2) is 56.2 Å². The fraction of sp³-hybridized carbons (Fsp3) is 0.318. The number of carbonyl (C=O) groups excluding carboxylic acids is 2. The topological polar surface area (TPSA) is 80.2 Å². The zero-order valence-electron chi connectivity index (χ0n) is 16.8. The van der Waals surface area contributed by atoms with Gasteiger partial charge in [0.15, 0.2) is 5.78 Å². The molecule has 2 aliphatic rings. The number of hydrogen-bond donors (Lipinski definition) is 1. The summed E-state index contributed by atoms with van der Waals surface area (Å²) in [5, 5.41) is 3.39. The smallest absolute Gasteiger partial charge is 0.238 e. The standard InChI is InChI=1S/C22H22ClN3O4/c1-29-14-4-6-19(20(10-14)30-2)25-21(27)12-26-8-7-18-16(11-26)22(28)15-9-13(23)3-5-17(15)24-18/h3-6,9-10,16H,7-8,11-12H2,1-2H3,(H,25,27). The lowest BCUT2D eigenvalue weighted by molar-refractivity contribution is -0.117. The number of Topliss-reactive ketones (excluding diaryl/α,β-unsaturated/α-hetero) is 1. The predicted octanol–water partition coefficient (Wildman–Crippen LogP) is 3.59. The van der Waals surface area contributed by atoms with Gasteiger partial charge in [-0.3, -0.25) is 19.5 Å².